The highest BCUT2D eigenvalue weighted by Crippen LogP contribution is 2.19. The Labute approximate surface area is 66.4 Å². The summed E-state index contributed by atoms with van der Waals surface area (Å²) in [6, 6.07) is 7.01. The zero-order valence-corrected chi connectivity index (χ0v) is 7.66. The number of aryl methyl sites for hydroxylation is 1. The molecule has 0 saturated carbocycles. The summed E-state index contributed by atoms with van der Waals surface area (Å²) in [7, 11) is 0. The van der Waals surface area contributed by atoms with Gasteiger partial charge in [-0.2, -0.15) is 0 Å². The molecule has 0 atom stereocenters. The summed E-state index contributed by atoms with van der Waals surface area (Å²) in [5.41, 5.74) is 0.845. The van der Waals surface area contributed by atoms with E-state index in [0.29, 0.717) is 3.57 Å². The van der Waals surface area contributed by atoms with Crippen molar-refractivity contribution in [2.75, 3.05) is 0 Å². The number of hydrogen-bond donors (Lipinski definition) is 0. The van der Waals surface area contributed by atoms with Crippen molar-refractivity contribution in [3.8, 4) is 0 Å². The van der Waals surface area contributed by atoms with Gasteiger partial charge in [-0.15, -0.1) is 0 Å². The van der Waals surface area contributed by atoms with E-state index in [4.69, 9.17) is 0 Å². The predicted molar refractivity (Wildman–Crippen MR) is 45.3 cm³/mol. The van der Waals surface area contributed by atoms with Gasteiger partial charge in [0.2, 0.25) is 0 Å². The lowest BCUT2D eigenvalue weighted by Crippen LogP contribution is -1.77. The summed E-state index contributed by atoms with van der Waals surface area (Å²) in [5, 5.41) is 0. The molecule has 0 radical (unpaired) electrons. The van der Waals surface area contributed by atoms with E-state index in [1.165, 1.54) is 0 Å². The Morgan fingerprint density at radius 2 is 1.80 bits per heavy atom. The molecule has 10 heavy (non-hydrogen) atoms. The second-order valence-electron chi connectivity index (χ2n) is 1.97. The van der Waals surface area contributed by atoms with Gasteiger partial charge in [-0.3, -0.25) is 0 Å². The second kappa shape index (κ2) is 3.09. The molecule has 3 heteroatoms. The molecule has 0 aliphatic rings. The summed E-state index contributed by atoms with van der Waals surface area (Å²) in [6.45, 7) is 1.80. The van der Waals surface area contributed by atoms with E-state index in [2.05, 4.69) is 0 Å². The van der Waals surface area contributed by atoms with Gasteiger partial charge in [0.05, 0.1) is 3.57 Å². The van der Waals surface area contributed by atoms with Crippen molar-refractivity contribution in [2.24, 2.45) is 0 Å². The van der Waals surface area contributed by atoms with E-state index in [-0.39, 0.29) is 0 Å². The fourth-order valence-corrected chi connectivity index (χ4v) is 2.10. The van der Waals surface area contributed by atoms with Gasteiger partial charge in [0, 0.05) is 0 Å². The molecule has 0 unspecified atom stereocenters. The van der Waals surface area contributed by atoms with Gasteiger partial charge in [-0.05, 0) is 18.6 Å². The van der Waals surface area contributed by atoms with Crippen molar-refractivity contribution in [2.45, 2.75) is 6.92 Å². The average molecular weight is 250 g/mol. The molecule has 0 saturated heterocycles. The zero-order chi connectivity index (χ0) is 7.56. The molecule has 54 valence electrons. The molecule has 2 nitrogen and oxygen atoms in total. The molecular formula is C7H7IO2. The smallest absolute Gasteiger partial charge is 0.230 e. The van der Waals surface area contributed by atoms with Crippen molar-refractivity contribution in [1.29, 1.82) is 0 Å². The van der Waals surface area contributed by atoms with Crippen LogP contribution in [0.15, 0.2) is 24.3 Å². The third-order valence-electron chi connectivity index (χ3n) is 1.24. The van der Waals surface area contributed by atoms with Crippen LogP contribution in [-0.4, -0.2) is 0 Å². The van der Waals surface area contributed by atoms with E-state index >= 15 is 0 Å². The minimum Gasteiger partial charge on any atom is -0.230 e. The van der Waals surface area contributed by atoms with Crippen molar-refractivity contribution in [3.05, 3.63) is 33.4 Å². The van der Waals surface area contributed by atoms with Gasteiger partial charge in [-0.1, -0.05) is 18.2 Å². The monoisotopic (exact) mass is 250 g/mol. The normalized spacial score (nSPS) is 10.2. The molecule has 0 aromatic heterocycles. The first-order chi connectivity index (χ1) is 4.72. The standard InChI is InChI=1S/C7H7IO2/c1-6-4-2-3-5-7(6)8(9)10/h2-5H,1H3. The number of hydrogen-bond acceptors (Lipinski definition) is 2. The van der Waals surface area contributed by atoms with Crippen LogP contribution < -0.4 is 0 Å². The van der Waals surface area contributed by atoms with Crippen LogP contribution in [0, 0.1) is 10.5 Å². The van der Waals surface area contributed by atoms with Crippen molar-refractivity contribution >= 4 is 19.8 Å². The summed E-state index contributed by atoms with van der Waals surface area (Å²) in [5.74, 6) is 0. The lowest BCUT2D eigenvalue weighted by atomic mass is 10.2. The highest BCUT2D eigenvalue weighted by Gasteiger charge is 1.99. The van der Waals surface area contributed by atoms with Crippen molar-refractivity contribution in [3.63, 3.8) is 0 Å². The van der Waals surface area contributed by atoms with E-state index in [9.17, 15) is 6.14 Å². The van der Waals surface area contributed by atoms with E-state index in [1.54, 1.807) is 25.1 Å². The van der Waals surface area contributed by atoms with Gasteiger partial charge < -0.3 is 0 Å². The Kier molecular flexibility index (Phi) is 2.37. The largest absolute Gasteiger partial charge is 0.341 e. The van der Waals surface area contributed by atoms with Gasteiger partial charge >= 0.3 is 19.8 Å². The first kappa shape index (κ1) is 7.65. The van der Waals surface area contributed by atoms with Gasteiger partial charge in [0.15, 0.2) is 0 Å². The number of halogens is 1. The minimum atomic E-state index is -3.22. The Bertz CT molecular complexity index is 294. The Hall–Kier alpha value is -0.450. The van der Waals surface area contributed by atoms with E-state index in [0.717, 1.165) is 5.56 Å². The molecule has 0 spiro atoms. The van der Waals surface area contributed by atoms with Crippen LogP contribution in [0.1, 0.15) is 5.56 Å². The Morgan fingerprint density at radius 3 is 2.20 bits per heavy atom. The fraction of sp³-hybridized carbons (Fsp3) is 0.143. The van der Waals surface area contributed by atoms with Crippen LogP contribution in [0.5, 0.6) is 0 Å². The lowest BCUT2D eigenvalue weighted by Gasteiger charge is -1.91. The molecule has 0 heterocycles. The van der Waals surface area contributed by atoms with Crippen LogP contribution in [0.3, 0.4) is 0 Å². The molecule has 0 amide bonds. The van der Waals surface area contributed by atoms with Crippen molar-refractivity contribution < 1.29 is 6.14 Å². The molecular weight excluding hydrogens is 243 g/mol. The van der Waals surface area contributed by atoms with Crippen LogP contribution in [-0.2, 0) is 6.14 Å². The maximum Gasteiger partial charge on any atom is 0.341 e. The maximum atomic E-state index is 10.6. The molecule has 1 rings (SSSR count). The Balaban J connectivity index is 3.28. The third kappa shape index (κ3) is 1.53. The molecule has 0 aliphatic heterocycles. The lowest BCUT2D eigenvalue weighted by molar-refractivity contribution is 0.610. The molecule has 0 aliphatic carbocycles. The summed E-state index contributed by atoms with van der Waals surface area (Å²) in [6.07, 6.45) is 0. The summed E-state index contributed by atoms with van der Waals surface area (Å²) >= 11 is -3.22. The highest BCUT2D eigenvalue weighted by molar-refractivity contribution is 14.2. The maximum absolute atomic E-state index is 10.6. The van der Waals surface area contributed by atoms with Gasteiger partial charge in [0.25, 0.3) is 0 Å². The van der Waals surface area contributed by atoms with Crippen molar-refractivity contribution in [1.82, 2.24) is 0 Å². The van der Waals surface area contributed by atoms with Crippen LogP contribution >= 0.6 is 19.8 Å². The number of rotatable bonds is 1. The highest BCUT2D eigenvalue weighted by atomic mass is 127. The van der Waals surface area contributed by atoms with E-state index < -0.39 is 19.8 Å². The topological polar surface area (TPSA) is 34.1 Å². The minimum absolute atomic E-state index is 0.506. The molecule has 1 aromatic carbocycles. The first-order valence-corrected chi connectivity index (χ1v) is 5.67. The average Bonchev–Trinajstić information content (AvgIpc) is 1.88. The molecule has 1 aromatic rings. The molecule has 0 N–H and O–H groups in total. The van der Waals surface area contributed by atoms with Gasteiger partial charge in [0.1, 0.15) is 0 Å². The molecule has 0 fully saturated rings. The molecule has 0 bridgehead atoms. The Morgan fingerprint density at radius 1 is 1.20 bits per heavy atom. The second-order valence-corrected chi connectivity index (χ2v) is 4.37. The third-order valence-corrected chi connectivity index (χ3v) is 3.40. The van der Waals surface area contributed by atoms with Crippen LogP contribution in [0.2, 0.25) is 0 Å². The zero-order valence-electron chi connectivity index (χ0n) is 5.50. The summed E-state index contributed by atoms with van der Waals surface area (Å²) < 4.78 is 21.6. The fourth-order valence-electron chi connectivity index (χ4n) is 0.724. The predicted octanol–water partition coefficient (Wildman–Crippen LogP) is 2.36. The number of benzene rings is 1. The van der Waals surface area contributed by atoms with Crippen LogP contribution in [0.4, 0.5) is 0 Å². The van der Waals surface area contributed by atoms with Gasteiger partial charge in [-0.25, -0.2) is 6.14 Å². The van der Waals surface area contributed by atoms with Crippen LogP contribution in [0.25, 0.3) is 0 Å². The summed E-state index contributed by atoms with van der Waals surface area (Å²) in [4.78, 5) is 0. The SMILES string of the molecule is Cc1ccccc1I(=O)=O. The first-order valence-electron chi connectivity index (χ1n) is 2.82. The van der Waals surface area contributed by atoms with E-state index in [1.807, 2.05) is 6.07 Å². The quantitative estimate of drug-likeness (QED) is 0.717.